The van der Waals surface area contributed by atoms with Crippen LogP contribution in [0, 0.1) is 23.0 Å². The second-order valence-electron chi connectivity index (χ2n) is 10.3. The van der Waals surface area contributed by atoms with Crippen molar-refractivity contribution in [2.75, 3.05) is 16.0 Å². The third kappa shape index (κ3) is 5.92. The summed E-state index contributed by atoms with van der Waals surface area (Å²) in [6.07, 6.45) is -5.96. The maximum Gasteiger partial charge on any atom is 0.403 e. The van der Waals surface area contributed by atoms with E-state index in [1.807, 2.05) is 0 Å². The van der Waals surface area contributed by atoms with E-state index >= 15 is 4.39 Å². The van der Waals surface area contributed by atoms with E-state index < -0.39 is 81.3 Å². The highest BCUT2D eigenvalue weighted by Gasteiger charge is 2.69. The van der Waals surface area contributed by atoms with Crippen LogP contribution in [0.2, 0.25) is 15.1 Å². The molecule has 44 heavy (non-hydrogen) atoms. The first-order valence-corrected chi connectivity index (χ1v) is 14.5. The maximum atomic E-state index is 15.1. The zero-order valence-corrected chi connectivity index (χ0v) is 25.5. The Morgan fingerprint density at radius 3 is 2.11 bits per heavy atom. The van der Waals surface area contributed by atoms with Crippen molar-refractivity contribution in [3.8, 4) is 0 Å². The van der Waals surface area contributed by atoms with Crippen LogP contribution in [0.4, 0.5) is 39.0 Å². The Morgan fingerprint density at radius 2 is 1.50 bits per heavy atom. The molecule has 2 fully saturated rings. The number of alkyl halides is 5. The molecule has 3 amide bonds. The number of rotatable bonds is 7. The molecule has 238 valence electrons. The van der Waals surface area contributed by atoms with Gasteiger partial charge in [-0.25, -0.2) is 8.78 Å². The van der Waals surface area contributed by atoms with E-state index in [4.69, 9.17) is 58.0 Å². The molecule has 2 saturated carbocycles. The van der Waals surface area contributed by atoms with Gasteiger partial charge in [0, 0.05) is 15.9 Å². The third-order valence-corrected chi connectivity index (χ3v) is 9.43. The largest absolute Gasteiger partial charge is 0.403 e. The molecule has 3 aromatic rings. The lowest BCUT2D eigenvalue weighted by molar-refractivity contribution is -0.189. The zero-order valence-electron chi connectivity index (χ0n) is 21.7. The van der Waals surface area contributed by atoms with Gasteiger partial charge in [0.1, 0.15) is 21.3 Å². The van der Waals surface area contributed by atoms with Crippen LogP contribution in [-0.2, 0) is 9.59 Å². The molecule has 0 aliphatic heterocycles. The molecule has 0 unspecified atom stereocenters. The van der Waals surface area contributed by atoms with Crippen LogP contribution in [0.1, 0.15) is 39.0 Å². The van der Waals surface area contributed by atoms with Crippen LogP contribution >= 0.6 is 58.0 Å². The van der Waals surface area contributed by atoms with Crippen LogP contribution < -0.4 is 16.0 Å². The van der Waals surface area contributed by atoms with Gasteiger partial charge >= 0.3 is 6.18 Å². The van der Waals surface area contributed by atoms with Gasteiger partial charge in [0.2, 0.25) is 11.8 Å². The number of hydrogen-bond acceptors (Lipinski definition) is 3. The molecule has 0 aromatic heterocycles. The fraction of sp³-hybridized carbons (Fsp3) is 0.250. The Balaban J connectivity index is 0.00000256. The molecule has 3 N–H and O–H groups in total. The molecule has 0 bridgehead atoms. The molecule has 2 aliphatic rings. The Hall–Kier alpha value is -2.83. The van der Waals surface area contributed by atoms with E-state index in [2.05, 4.69) is 10.6 Å². The Kier molecular flexibility index (Phi) is 8.52. The Morgan fingerprint density at radius 1 is 0.841 bits per heavy atom. The summed E-state index contributed by atoms with van der Waals surface area (Å²) < 4.78 is 67.9. The van der Waals surface area contributed by atoms with E-state index in [1.165, 1.54) is 30.3 Å². The smallest absolute Gasteiger partial charge is 0.326 e. The highest BCUT2D eigenvalue weighted by molar-refractivity contribution is 6.53. The van der Waals surface area contributed by atoms with Gasteiger partial charge in [-0.15, -0.1) is 23.2 Å². The first-order valence-electron chi connectivity index (χ1n) is 12.6. The monoisotopic (exact) mass is 719 g/mol. The highest BCUT2D eigenvalue weighted by atomic mass is 35.5. The fourth-order valence-electron chi connectivity index (χ4n) is 4.72. The number of hydrogen-bond donors (Lipinski definition) is 3. The molecule has 0 heterocycles. The minimum Gasteiger partial charge on any atom is -0.326 e. The molecule has 3 aromatic carbocycles. The van der Waals surface area contributed by atoms with Crippen molar-refractivity contribution < 1.29 is 40.6 Å². The average Bonchev–Trinajstić information content (AvgIpc) is 3.85. The van der Waals surface area contributed by atoms with Gasteiger partial charge in [-0.1, -0.05) is 40.9 Å². The molecule has 0 spiro atoms. The molecule has 5 rings (SSSR count). The summed E-state index contributed by atoms with van der Waals surface area (Å²) in [4.78, 5) is 38.3. The number of anilines is 3. The lowest BCUT2D eigenvalue weighted by atomic mass is 10.1. The number of carbonyl (C=O) groups is 3. The lowest BCUT2D eigenvalue weighted by Gasteiger charge is -2.19. The van der Waals surface area contributed by atoms with Gasteiger partial charge in [-0.05, 0) is 60.9 Å². The van der Waals surface area contributed by atoms with E-state index in [0.717, 1.165) is 6.07 Å². The molecular formula is C28H23Cl5F5N3O3. The van der Waals surface area contributed by atoms with Crippen molar-refractivity contribution in [1.29, 1.82) is 0 Å². The number of amides is 3. The first kappa shape index (κ1) is 32.6. The van der Waals surface area contributed by atoms with Crippen molar-refractivity contribution in [3.63, 3.8) is 0 Å². The summed E-state index contributed by atoms with van der Waals surface area (Å²) in [6.45, 7) is 0. The lowest BCUT2D eigenvalue weighted by Crippen LogP contribution is -2.37. The fourth-order valence-corrected chi connectivity index (χ4v) is 6.06. The highest BCUT2D eigenvalue weighted by Crippen LogP contribution is 2.65. The number of carbonyl (C=O) groups excluding carboxylic acids is 3. The van der Waals surface area contributed by atoms with Crippen LogP contribution in [-0.4, -0.2) is 28.2 Å². The van der Waals surface area contributed by atoms with E-state index in [0.29, 0.717) is 16.7 Å². The second kappa shape index (κ2) is 11.5. The minimum absolute atomic E-state index is 0. The third-order valence-electron chi connectivity index (χ3n) is 7.42. The zero-order chi connectivity index (χ0) is 32.4. The van der Waals surface area contributed by atoms with E-state index in [1.54, 1.807) is 11.4 Å². The van der Waals surface area contributed by atoms with Gasteiger partial charge in [0.25, 0.3) is 5.91 Å². The van der Waals surface area contributed by atoms with Gasteiger partial charge < -0.3 is 16.0 Å². The standard InChI is InChI=1S/C28H17Cl5F5N3O3.3H2/c29-14-4-2-12(39-24(43)20-19(27(20,32)33)11-1-3-15(30)16(31)9-11)10-13(14)23(42)40-18-6-5-17(34)22(21(18)35)41-25(44)26(7-8-26)28(36,37)38;;;/h1-6,9-10,19-20H,7-8H2,(H,39,43)(H,40,42)(H,41,44);3*1H/t19-,20+;;;/m0.../s1. The molecule has 0 saturated heterocycles. The number of nitrogens with one attached hydrogen (secondary N) is 3. The predicted octanol–water partition coefficient (Wildman–Crippen LogP) is 9.72. The average molecular weight is 722 g/mol. The molecule has 2 atom stereocenters. The SMILES string of the molecule is O=C(Nc1ccc(F)c(NC(=O)C2(C(F)(F)F)CC2)c1F)c1cc(NC(=O)[C@H]2[C@H](c3ccc(Cl)c(Cl)c3)C2(Cl)Cl)ccc1Cl.[HH].[HH].[HH]. The summed E-state index contributed by atoms with van der Waals surface area (Å²) in [5.74, 6) is -7.66. The molecule has 0 radical (unpaired) electrons. The van der Waals surface area contributed by atoms with Gasteiger partial charge in [-0.2, -0.15) is 13.2 Å². The number of benzene rings is 3. The Bertz CT molecular complexity index is 1730. The summed E-state index contributed by atoms with van der Waals surface area (Å²) in [5.41, 5.74) is -4.16. The Labute approximate surface area is 275 Å². The minimum atomic E-state index is -4.91. The summed E-state index contributed by atoms with van der Waals surface area (Å²) in [7, 11) is 0. The van der Waals surface area contributed by atoms with Crippen LogP contribution in [0.25, 0.3) is 0 Å². The topological polar surface area (TPSA) is 87.3 Å². The van der Waals surface area contributed by atoms with Gasteiger partial charge in [0.05, 0.1) is 32.2 Å². The van der Waals surface area contributed by atoms with E-state index in [9.17, 15) is 31.9 Å². The predicted molar refractivity (Wildman–Crippen MR) is 164 cm³/mol. The van der Waals surface area contributed by atoms with Crippen molar-refractivity contribution in [3.05, 3.63) is 86.4 Å². The summed E-state index contributed by atoms with van der Waals surface area (Å²) in [5, 5.41) is 6.81. The van der Waals surface area contributed by atoms with Crippen LogP contribution in [0.5, 0.6) is 0 Å². The van der Waals surface area contributed by atoms with Crippen molar-refractivity contribution in [1.82, 2.24) is 0 Å². The van der Waals surface area contributed by atoms with Crippen molar-refractivity contribution in [2.24, 2.45) is 11.3 Å². The van der Waals surface area contributed by atoms with Crippen LogP contribution in [0.15, 0.2) is 48.5 Å². The summed E-state index contributed by atoms with van der Waals surface area (Å²) in [6, 6.07) is 9.98. The normalized spacial score (nSPS) is 19.6. The summed E-state index contributed by atoms with van der Waals surface area (Å²) >= 11 is 30.9. The molecule has 2 aliphatic carbocycles. The quantitative estimate of drug-likeness (QED) is 0.168. The van der Waals surface area contributed by atoms with Crippen LogP contribution in [0.3, 0.4) is 0 Å². The maximum absolute atomic E-state index is 15.1. The number of halogens is 10. The first-order chi connectivity index (χ1) is 20.5. The van der Waals surface area contributed by atoms with E-state index in [-0.39, 0.29) is 25.6 Å². The van der Waals surface area contributed by atoms with Crippen molar-refractivity contribution in [2.45, 2.75) is 29.3 Å². The molecule has 6 nitrogen and oxygen atoms in total. The van der Waals surface area contributed by atoms with Crippen molar-refractivity contribution >= 4 is 92.8 Å². The molecular weight excluding hydrogens is 699 g/mol. The van der Waals surface area contributed by atoms with Gasteiger partial charge in [-0.3, -0.25) is 14.4 Å². The van der Waals surface area contributed by atoms with Gasteiger partial charge in [0.15, 0.2) is 5.82 Å². The second-order valence-corrected chi connectivity index (χ2v) is 12.9. The molecule has 16 heteroatoms.